The highest BCUT2D eigenvalue weighted by atomic mass is 79.9. The summed E-state index contributed by atoms with van der Waals surface area (Å²) in [5.74, 6) is 0.562. The number of halogens is 1. The van der Waals surface area contributed by atoms with Crippen molar-refractivity contribution in [3.8, 4) is 11.3 Å². The number of ether oxygens (including phenoxy) is 1. The standard InChI is InChI=1S/C13H13BrN4O3/c14-8-5-9(12(15)16-7-8)11-6-10(17-21-11)13(19)18-1-3-20-4-2-18/h5-7H,1-4H2,(H2,15,16). The highest BCUT2D eigenvalue weighted by molar-refractivity contribution is 9.10. The van der Waals surface area contributed by atoms with Crippen LogP contribution in [0.5, 0.6) is 0 Å². The third kappa shape index (κ3) is 2.91. The van der Waals surface area contributed by atoms with E-state index in [0.717, 1.165) is 4.47 Å². The lowest BCUT2D eigenvalue weighted by Crippen LogP contribution is -2.40. The van der Waals surface area contributed by atoms with Crippen LogP contribution in [0.1, 0.15) is 10.5 Å². The van der Waals surface area contributed by atoms with E-state index in [1.165, 1.54) is 0 Å². The highest BCUT2D eigenvalue weighted by Gasteiger charge is 2.22. The van der Waals surface area contributed by atoms with E-state index in [-0.39, 0.29) is 11.6 Å². The Kier molecular flexibility index (Phi) is 3.89. The molecule has 7 nitrogen and oxygen atoms in total. The molecule has 0 radical (unpaired) electrons. The van der Waals surface area contributed by atoms with Gasteiger partial charge in [0.2, 0.25) is 0 Å². The number of hydrogen-bond acceptors (Lipinski definition) is 6. The third-order valence-corrected chi connectivity index (χ3v) is 3.61. The van der Waals surface area contributed by atoms with Crippen LogP contribution in [0.15, 0.2) is 27.3 Å². The van der Waals surface area contributed by atoms with Gasteiger partial charge in [0.15, 0.2) is 11.5 Å². The molecule has 8 heteroatoms. The van der Waals surface area contributed by atoms with E-state index in [1.54, 1.807) is 23.2 Å². The number of nitrogen functional groups attached to an aromatic ring is 1. The first-order valence-electron chi connectivity index (χ1n) is 6.40. The number of rotatable bonds is 2. The van der Waals surface area contributed by atoms with Crippen molar-refractivity contribution < 1.29 is 14.1 Å². The molecule has 3 heterocycles. The molecule has 1 aliphatic heterocycles. The van der Waals surface area contributed by atoms with Crippen LogP contribution in [0.2, 0.25) is 0 Å². The van der Waals surface area contributed by atoms with Crippen LogP contribution >= 0.6 is 15.9 Å². The van der Waals surface area contributed by atoms with Crippen molar-refractivity contribution in [2.45, 2.75) is 0 Å². The number of carbonyl (C=O) groups is 1. The van der Waals surface area contributed by atoms with Gasteiger partial charge in [0, 0.05) is 29.8 Å². The SMILES string of the molecule is Nc1ncc(Br)cc1-c1cc(C(=O)N2CCOCC2)no1. The second-order valence-corrected chi connectivity index (χ2v) is 5.48. The highest BCUT2D eigenvalue weighted by Crippen LogP contribution is 2.28. The van der Waals surface area contributed by atoms with Gasteiger partial charge in [0.05, 0.1) is 18.8 Å². The van der Waals surface area contributed by atoms with Gasteiger partial charge in [-0.25, -0.2) is 4.98 Å². The minimum atomic E-state index is -0.171. The average Bonchev–Trinajstić information content (AvgIpc) is 2.99. The molecule has 0 aromatic carbocycles. The predicted molar refractivity (Wildman–Crippen MR) is 78.6 cm³/mol. The summed E-state index contributed by atoms with van der Waals surface area (Å²) in [4.78, 5) is 18.0. The Labute approximate surface area is 129 Å². The molecular weight excluding hydrogens is 340 g/mol. The Morgan fingerprint density at radius 2 is 2.10 bits per heavy atom. The summed E-state index contributed by atoms with van der Waals surface area (Å²) in [6, 6.07) is 3.35. The maximum absolute atomic E-state index is 12.3. The maximum atomic E-state index is 12.3. The van der Waals surface area contributed by atoms with Crippen molar-refractivity contribution in [1.29, 1.82) is 0 Å². The number of nitrogens with two attached hydrogens (primary N) is 1. The number of aromatic nitrogens is 2. The van der Waals surface area contributed by atoms with Crippen molar-refractivity contribution in [2.24, 2.45) is 0 Å². The molecule has 1 saturated heterocycles. The van der Waals surface area contributed by atoms with Gasteiger partial charge < -0.3 is 19.9 Å². The molecule has 0 aliphatic carbocycles. The summed E-state index contributed by atoms with van der Waals surface area (Å²) < 4.78 is 11.2. The summed E-state index contributed by atoms with van der Waals surface area (Å²) in [5.41, 5.74) is 6.67. The average molecular weight is 353 g/mol. The second-order valence-electron chi connectivity index (χ2n) is 4.57. The monoisotopic (exact) mass is 352 g/mol. The zero-order chi connectivity index (χ0) is 14.8. The summed E-state index contributed by atoms with van der Waals surface area (Å²) in [6.45, 7) is 2.20. The van der Waals surface area contributed by atoms with Crippen molar-refractivity contribution in [1.82, 2.24) is 15.0 Å². The predicted octanol–water partition coefficient (Wildman–Crippen LogP) is 1.55. The molecule has 1 fully saturated rings. The number of amides is 1. The fraction of sp³-hybridized carbons (Fsp3) is 0.308. The van der Waals surface area contributed by atoms with E-state index in [9.17, 15) is 4.79 Å². The summed E-state index contributed by atoms with van der Waals surface area (Å²) in [7, 11) is 0. The fourth-order valence-electron chi connectivity index (χ4n) is 2.08. The molecule has 0 spiro atoms. The first-order valence-corrected chi connectivity index (χ1v) is 7.19. The smallest absolute Gasteiger partial charge is 0.276 e. The third-order valence-electron chi connectivity index (χ3n) is 3.18. The lowest BCUT2D eigenvalue weighted by atomic mass is 10.2. The maximum Gasteiger partial charge on any atom is 0.276 e. The van der Waals surface area contributed by atoms with E-state index in [2.05, 4.69) is 26.1 Å². The van der Waals surface area contributed by atoms with Gasteiger partial charge in [-0.05, 0) is 22.0 Å². The van der Waals surface area contributed by atoms with Crippen LogP contribution in [0.25, 0.3) is 11.3 Å². The van der Waals surface area contributed by atoms with Crippen LogP contribution in [0.4, 0.5) is 5.82 Å². The number of hydrogen-bond donors (Lipinski definition) is 1. The second kappa shape index (κ2) is 5.82. The van der Waals surface area contributed by atoms with Crippen molar-refractivity contribution >= 4 is 27.7 Å². The van der Waals surface area contributed by atoms with Crippen LogP contribution in [-0.2, 0) is 4.74 Å². The Hall–Kier alpha value is -1.93. The van der Waals surface area contributed by atoms with E-state index in [4.69, 9.17) is 15.0 Å². The first kappa shape index (κ1) is 14.0. The summed E-state index contributed by atoms with van der Waals surface area (Å²) in [6.07, 6.45) is 1.59. The van der Waals surface area contributed by atoms with Crippen LogP contribution in [-0.4, -0.2) is 47.3 Å². The number of morpholine rings is 1. The van der Waals surface area contributed by atoms with Gasteiger partial charge in [-0.3, -0.25) is 4.79 Å². The van der Waals surface area contributed by atoms with E-state index < -0.39 is 0 Å². The molecule has 1 amide bonds. The number of nitrogens with zero attached hydrogens (tertiary/aromatic N) is 3. The zero-order valence-electron chi connectivity index (χ0n) is 11.1. The van der Waals surface area contributed by atoms with Crippen molar-refractivity contribution in [2.75, 3.05) is 32.0 Å². The van der Waals surface area contributed by atoms with Crippen LogP contribution in [0.3, 0.4) is 0 Å². The van der Waals surface area contributed by atoms with Crippen LogP contribution < -0.4 is 5.73 Å². The van der Waals surface area contributed by atoms with Gasteiger partial charge in [-0.2, -0.15) is 0 Å². The Morgan fingerprint density at radius 3 is 2.86 bits per heavy atom. The molecule has 3 rings (SSSR count). The van der Waals surface area contributed by atoms with Crippen molar-refractivity contribution in [3.05, 3.63) is 28.5 Å². The normalized spacial score (nSPS) is 15.2. The minimum Gasteiger partial charge on any atom is -0.383 e. The summed E-state index contributed by atoms with van der Waals surface area (Å²) >= 11 is 3.32. The zero-order valence-corrected chi connectivity index (χ0v) is 12.7. The molecule has 2 aromatic rings. The Morgan fingerprint density at radius 1 is 1.33 bits per heavy atom. The molecule has 0 atom stereocenters. The molecule has 0 unspecified atom stereocenters. The summed E-state index contributed by atoms with van der Waals surface area (Å²) in [5, 5.41) is 3.83. The lowest BCUT2D eigenvalue weighted by molar-refractivity contribution is 0.0296. The number of anilines is 1. The topological polar surface area (TPSA) is 94.5 Å². The van der Waals surface area contributed by atoms with Crippen LogP contribution in [0, 0.1) is 0 Å². The van der Waals surface area contributed by atoms with E-state index in [1.807, 2.05) is 0 Å². The molecule has 0 bridgehead atoms. The first-order chi connectivity index (χ1) is 10.1. The van der Waals surface area contributed by atoms with Gasteiger partial charge in [0.1, 0.15) is 5.82 Å². The molecular formula is C13H13BrN4O3. The number of pyridine rings is 1. The number of carbonyl (C=O) groups excluding carboxylic acids is 1. The molecule has 2 aromatic heterocycles. The lowest BCUT2D eigenvalue weighted by Gasteiger charge is -2.25. The van der Waals surface area contributed by atoms with Gasteiger partial charge in [-0.1, -0.05) is 5.16 Å². The van der Waals surface area contributed by atoms with E-state index >= 15 is 0 Å². The van der Waals surface area contributed by atoms with E-state index in [0.29, 0.717) is 43.4 Å². The molecule has 21 heavy (non-hydrogen) atoms. The van der Waals surface area contributed by atoms with Gasteiger partial charge in [-0.15, -0.1) is 0 Å². The Balaban J connectivity index is 1.85. The van der Waals surface area contributed by atoms with Crippen molar-refractivity contribution in [3.63, 3.8) is 0 Å². The van der Waals surface area contributed by atoms with Gasteiger partial charge in [0.25, 0.3) is 5.91 Å². The molecule has 1 aliphatic rings. The quantitative estimate of drug-likeness (QED) is 0.880. The van der Waals surface area contributed by atoms with Gasteiger partial charge >= 0.3 is 0 Å². The molecule has 110 valence electrons. The largest absolute Gasteiger partial charge is 0.383 e. The fourth-order valence-corrected chi connectivity index (χ4v) is 2.41. The molecule has 2 N–H and O–H groups in total. The minimum absolute atomic E-state index is 0.171. The molecule has 0 saturated carbocycles. The Bertz CT molecular complexity index is 667.